The molecule has 2 rings (SSSR count). The molecular weight excluding hydrogens is 396 g/mol. The number of rotatable bonds is 9. The highest BCUT2D eigenvalue weighted by Gasteiger charge is 2.21. The number of piperidine rings is 1. The van der Waals surface area contributed by atoms with E-state index in [1.165, 1.54) is 19.2 Å². The molecule has 1 aromatic rings. The number of halogens is 1. The highest BCUT2D eigenvalue weighted by Crippen LogP contribution is 2.29. The smallest absolute Gasteiger partial charge is 0.342 e. The molecule has 1 aliphatic rings. The van der Waals surface area contributed by atoms with Crippen molar-refractivity contribution < 1.29 is 19.1 Å². The number of urea groups is 1. The summed E-state index contributed by atoms with van der Waals surface area (Å²) in [5.74, 6) is -0.162. The van der Waals surface area contributed by atoms with E-state index in [9.17, 15) is 9.59 Å². The SMILES string of the molecule is CCCCNC(=O)NC1CCN(CCOC(=O)c2cc(Cl)c(N)cc2OC)CC1. The molecule has 0 unspecified atom stereocenters. The van der Waals surface area contributed by atoms with Gasteiger partial charge in [0, 0.05) is 38.3 Å². The summed E-state index contributed by atoms with van der Waals surface area (Å²) in [6, 6.07) is 3.05. The number of nitrogen functional groups attached to an aromatic ring is 1. The number of nitrogens with two attached hydrogens (primary N) is 1. The van der Waals surface area contributed by atoms with E-state index < -0.39 is 5.97 Å². The summed E-state index contributed by atoms with van der Waals surface area (Å²) < 4.78 is 10.6. The fourth-order valence-corrected chi connectivity index (χ4v) is 3.32. The van der Waals surface area contributed by atoms with Crippen molar-refractivity contribution in [3.8, 4) is 5.75 Å². The van der Waals surface area contributed by atoms with Gasteiger partial charge >= 0.3 is 12.0 Å². The number of ether oxygens (including phenoxy) is 2. The lowest BCUT2D eigenvalue weighted by atomic mass is 10.1. The minimum absolute atomic E-state index is 0.0954. The summed E-state index contributed by atoms with van der Waals surface area (Å²) in [6.07, 6.45) is 3.79. The summed E-state index contributed by atoms with van der Waals surface area (Å²) in [6.45, 7) is 5.37. The van der Waals surface area contributed by atoms with Crippen molar-refractivity contribution in [1.29, 1.82) is 0 Å². The van der Waals surface area contributed by atoms with Crippen LogP contribution in [0.4, 0.5) is 10.5 Å². The Morgan fingerprint density at radius 2 is 2.03 bits per heavy atom. The fraction of sp³-hybridized carbons (Fsp3) is 0.600. The zero-order valence-corrected chi connectivity index (χ0v) is 17.9. The first-order chi connectivity index (χ1) is 13.9. The summed E-state index contributed by atoms with van der Waals surface area (Å²) in [5.41, 5.74) is 6.33. The van der Waals surface area contributed by atoms with Crippen LogP contribution in [0.5, 0.6) is 5.75 Å². The van der Waals surface area contributed by atoms with Crippen LogP contribution in [0.2, 0.25) is 5.02 Å². The van der Waals surface area contributed by atoms with Crippen LogP contribution in [0, 0.1) is 0 Å². The normalized spacial score (nSPS) is 15.0. The number of hydrogen-bond acceptors (Lipinski definition) is 6. The Morgan fingerprint density at radius 1 is 1.31 bits per heavy atom. The second kappa shape index (κ2) is 11.7. The molecule has 1 aromatic carbocycles. The number of nitrogens with one attached hydrogen (secondary N) is 2. The van der Waals surface area contributed by atoms with Crippen LogP contribution >= 0.6 is 11.6 Å². The third-order valence-corrected chi connectivity index (χ3v) is 5.25. The number of benzene rings is 1. The third kappa shape index (κ3) is 7.29. The third-order valence-electron chi connectivity index (χ3n) is 4.92. The average molecular weight is 427 g/mol. The van der Waals surface area contributed by atoms with Crippen molar-refractivity contribution in [3.05, 3.63) is 22.7 Å². The van der Waals surface area contributed by atoms with Crippen molar-refractivity contribution in [1.82, 2.24) is 15.5 Å². The lowest BCUT2D eigenvalue weighted by Gasteiger charge is -2.32. The second-order valence-corrected chi connectivity index (χ2v) is 7.49. The standard InChI is InChI=1S/C20H31ClN4O4/c1-3-4-7-23-20(27)24-14-5-8-25(9-6-14)10-11-29-19(26)15-12-16(21)17(22)13-18(15)28-2/h12-14H,3-11,22H2,1-2H3,(H2,23,24,27). The van der Waals surface area contributed by atoms with E-state index >= 15 is 0 Å². The molecule has 9 heteroatoms. The van der Waals surface area contributed by atoms with Crippen LogP contribution in [0.1, 0.15) is 43.0 Å². The van der Waals surface area contributed by atoms with Crippen molar-refractivity contribution in [2.75, 3.05) is 45.6 Å². The summed E-state index contributed by atoms with van der Waals surface area (Å²) >= 11 is 6.00. The Hall–Kier alpha value is -2.19. The van der Waals surface area contributed by atoms with Crippen LogP contribution in [0.25, 0.3) is 0 Å². The van der Waals surface area contributed by atoms with Gasteiger partial charge in [-0.2, -0.15) is 0 Å². The van der Waals surface area contributed by atoms with Crippen LogP contribution < -0.4 is 21.1 Å². The number of amides is 2. The molecule has 1 aliphatic heterocycles. The molecule has 29 heavy (non-hydrogen) atoms. The van der Waals surface area contributed by atoms with Gasteiger partial charge in [-0.05, 0) is 25.3 Å². The largest absolute Gasteiger partial charge is 0.496 e. The molecule has 1 saturated heterocycles. The van der Waals surface area contributed by atoms with E-state index in [2.05, 4.69) is 22.5 Å². The van der Waals surface area contributed by atoms with Gasteiger partial charge in [0.15, 0.2) is 0 Å². The minimum atomic E-state index is -0.496. The molecule has 1 fully saturated rings. The number of methoxy groups -OCH3 is 1. The Balaban J connectivity index is 1.70. The Labute approximate surface area is 177 Å². The van der Waals surface area contributed by atoms with Crippen molar-refractivity contribution in [2.45, 2.75) is 38.6 Å². The van der Waals surface area contributed by atoms with Gasteiger partial charge in [-0.3, -0.25) is 4.90 Å². The molecular formula is C20H31ClN4O4. The zero-order valence-electron chi connectivity index (χ0n) is 17.1. The molecule has 8 nitrogen and oxygen atoms in total. The van der Waals surface area contributed by atoms with Crippen molar-refractivity contribution >= 4 is 29.3 Å². The van der Waals surface area contributed by atoms with Crippen LogP contribution in [0.3, 0.4) is 0 Å². The minimum Gasteiger partial charge on any atom is -0.496 e. The van der Waals surface area contributed by atoms with Gasteiger partial charge in [-0.15, -0.1) is 0 Å². The van der Waals surface area contributed by atoms with Crippen LogP contribution in [0.15, 0.2) is 12.1 Å². The predicted octanol–water partition coefficient (Wildman–Crippen LogP) is 2.65. The molecule has 1 heterocycles. The van der Waals surface area contributed by atoms with Gasteiger partial charge in [0.1, 0.15) is 17.9 Å². The van der Waals surface area contributed by atoms with E-state index in [1.807, 2.05) is 0 Å². The van der Waals surface area contributed by atoms with Gasteiger partial charge < -0.3 is 25.8 Å². The first-order valence-corrected chi connectivity index (χ1v) is 10.4. The molecule has 0 spiro atoms. The number of carbonyl (C=O) groups is 2. The molecule has 0 radical (unpaired) electrons. The Morgan fingerprint density at radius 3 is 2.69 bits per heavy atom. The number of carbonyl (C=O) groups excluding carboxylic acids is 2. The first kappa shape index (κ1) is 23.1. The number of esters is 1. The van der Waals surface area contributed by atoms with E-state index in [0.29, 0.717) is 24.5 Å². The van der Waals surface area contributed by atoms with Gasteiger partial charge in [0.25, 0.3) is 0 Å². The maximum atomic E-state index is 12.3. The van der Waals surface area contributed by atoms with Gasteiger partial charge in [-0.25, -0.2) is 9.59 Å². The topological polar surface area (TPSA) is 106 Å². The number of likely N-dealkylation sites (tertiary alicyclic amines) is 1. The monoisotopic (exact) mass is 426 g/mol. The van der Waals surface area contributed by atoms with Crippen LogP contribution in [-0.4, -0.2) is 62.8 Å². The Kier molecular flexibility index (Phi) is 9.34. The molecule has 0 saturated carbocycles. The molecule has 2 amide bonds. The molecule has 162 valence electrons. The summed E-state index contributed by atoms with van der Waals surface area (Å²) in [5, 5.41) is 6.17. The van der Waals surface area contributed by atoms with E-state index in [1.54, 1.807) is 0 Å². The van der Waals surface area contributed by atoms with Gasteiger partial charge in [0.2, 0.25) is 0 Å². The number of anilines is 1. The molecule has 0 atom stereocenters. The maximum Gasteiger partial charge on any atom is 0.342 e. The Bertz CT molecular complexity index is 693. The number of hydrogen-bond donors (Lipinski definition) is 3. The van der Waals surface area contributed by atoms with Crippen LogP contribution in [-0.2, 0) is 4.74 Å². The lowest BCUT2D eigenvalue weighted by Crippen LogP contribution is -2.48. The van der Waals surface area contributed by atoms with Crippen molar-refractivity contribution in [3.63, 3.8) is 0 Å². The average Bonchev–Trinajstić information content (AvgIpc) is 2.71. The van der Waals surface area contributed by atoms with Gasteiger partial charge in [-0.1, -0.05) is 24.9 Å². The zero-order chi connectivity index (χ0) is 21.2. The first-order valence-electron chi connectivity index (χ1n) is 10.0. The van der Waals surface area contributed by atoms with E-state index in [-0.39, 0.29) is 29.3 Å². The molecule has 0 aliphatic carbocycles. The molecule has 0 bridgehead atoms. The van der Waals surface area contributed by atoms with E-state index in [4.69, 9.17) is 26.8 Å². The fourth-order valence-electron chi connectivity index (χ4n) is 3.16. The summed E-state index contributed by atoms with van der Waals surface area (Å²) in [4.78, 5) is 26.4. The summed E-state index contributed by atoms with van der Waals surface area (Å²) in [7, 11) is 1.46. The number of nitrogens with zero attached hydrogens (tertiary/aromatic N) is 1. The highest BCUT2D eigenvalue weighted by molar-refractivity contribution is 6.33. The van der Waals surface area contributed by atoms with E-state index in [0.717, 1.165) is 38.8 Å². The molecule has 0 aromatic heterocycles. The van der Waals surface area contributed by atoms with Crippen molar-refractivity contribution in [2.24, 2.45) is 0 Å². The lowest BCUT2D eigenvalue weighted by molar-refractivity contribution is 0.0443. The predicted molar refractivity (Wildman–Crippen MR) is 114 cm³/mol. The van der Waals surface area contributed by atoms with Gasteiger partial charge in [0.05, 0.1) is 17.8 Å². The number of unbranched alkanes of at least 4 members (excludes halogenated alkanes) is 1. The highest BCUT2D eigenvalue weighted by atomic mass is 35.5. The molecule has 4 N–H and O–H groups in total. The second-order valence-electron chi connectivity index (χ2n) is 7.08. The maximum absolute atomic E-state index is 12.3. The quantitative estimate of drug-likeness (QED) is 0.318.